The molecule has 34 heavy (non-hydrogen) atoms. The fourth-order valence-corrected chi connectivity index (χ4v) is 3.41. The van der Waals surface area contributed by atoms with Gasteiger partial charge < -0.3 is 15.1 Å². The molecule has 0 saturated carbocycles. The molecular weight excluding hydrogens is 420 g/mol. The molecule has 0 aliphatic heterocycles. The molecule has 0 aliphatic carbocycles. The first kappa shape index (κ1) is 28.4. The Bertz CT molecular complexity index is 1050. The smallest absolute Gasteiger partial charge is 0.255 e. The molecule has 1 N–H and O–H groups in total. The predicted molar refractivity (Wildman–Crippen MR) is 147 cm³/mol. The summed E-state index contributed by atoms with van der Waals surface area (Å²) in [6, 6.07) is 3.47. The number of likely N-dealkylation sites (N-methyl/N-ethyl adjacent to an activating group) is 1. The Kier molecular flexibility index (Phi) is 11.6. The molecule has 0 radical (unpaired) electrons. The largest absolute Gasteiger partial charge is 0.363 e. The van der Waals surface area contributed by atoms with Crippen LogP contribution in [0.2, 0.25) is 0 Å². The number of anilines is 1. The van der Waals surface area contributed by atoms with Crippen LogP contribution < -0.4 is 10.2 Å². The molecule has 0 unspecified atom stereocenters. The molecule has 1 aromatic heterocycles. The molecule has 0 bridgehead atoms. The Morgan fingerprint density at radius 3 is 2.32 bits per heavy atom. The summed E-state index contributed by atoms with van der Waals surface area (Å²) in [4.78, 5) is 21.1. The molecule has 0 aromatic carbocycles. The highest BCUT2D eigenvalue weighted by Crippen LogP contribution is 2.23. The Morgan fingerprint density at radius 2 is 1.79 bits per heavy atom. The van der Waals surface area contributed by atoms with Gasteiger partial charge in [-0.25, -0.2) is 4.98 Å². The second-order valence-corrected chi connectivity index (χ2v) is 8.14. The molecule has 1 amide bonds. The van der Waals surface area contributed by atoms with E-state index in [2.05, 4.69) is 54.4 Å². The Morgan fingerprint density at radius 1 is 1.12 bits per heavy atom. The number of aromatic nitrogens is 1. The lowest BCUT2D eigenvalue weighted by Crippen LogP contribution is -2.22. The maximum absolute atomic E-state index is 12.8. The summed E-state index contributed by atoms with van der Waals surface area (Å²) >= 11 is 0. The van der Waals surface area contributed by atoms with Gasteiger partial charge in [0.05, 0.1) is 0 Å². The summed E-state index contributed by atoms with van der Waals surface area (Å²) in [7, 11) is 5.82. The highest BCUT2D eigenvalue weighted by molar-refractivity contribution is 5.95. The number of nitrogens with one attached hydrogen (secondary N) is 1. The minimum Gasteiger partial charge on any atom is -0.363 e. The molecule has 5 nitrogen and oxygen atoms in total. The zero-order valence-corrected chi connectivity index (χ0v) is 22.1. The molecule has 1 aromatic rings. The molecule has 0 spiro atoms. The van der Waals surface area contributed by atoms with Crippen LogP contribution in [-0.4, -0.2) is 36.9 Å². The molecule has 0 atom stereocenters. The van der Waals surface area contributed by atoms with Crippen molar-refractivity contribution in [2.75, 3.05) is 26.0 Å². The summed E-state index contributed by atoms with van der Waals surface area (Å²) in [6.07, 6.45) is 14.6. The van der Waals surface area contributed by atoms with Gasteiger partial charge >= 0.3 is 0 Å². The second kappa shape index (κ2) is 13.8. The summed E-state index contributed by atoms with van der Waals surface area (Å²) in [5, 5.41) is 2.98. The minimum absolute atomic E-state index is 0.188. The van der Waals surface area contributed by atoms with Gasteiger partial charge in [-0.15, -0.1) is 0 Å². The number of hydrogen-bond acceptors (Lipinski definition) is 4. The fraction of sp³-hybridized carbons (Fsp3) is 0.310. The Balaban J connectivity index is 3.29. The topological polar surface area (TPSA) is 48.5 Å². The summed E-state index contributed by atoms with van der Waals surface area (Å²) < 4.78 is 0. The van der Waals surface area contributed by atoms with Crippen LogP contribution in [0, 0.1) is 0 Å². The molecule has 0 aliphatic rings. The van der Waals surface area contributed by atoms with Gasteiger partial charge in [0.2, 0.25) is 0 Å². The first-order chi connectivity index (χ1) is 16.1. The number of carbonyl (C=O) groups is 1. The normalized spacial score (nSPS) is 13.5. The molecule has 182 valence electrons. The molecule has 0 saturated heterocycles. The van der Waals surface area contributed by atoms with Crippen LogP contribution >= 0.6 is 0 Å². The average molecular weight is 461 g/mol. The molecule has 1 heterocycles. The highest BCUT2D eigenvalue weighted by atomic mass is 16.1. The molecule has 5 heteroatoms. The van der Waals surface area contributed by atoms with Crippen molar-refractivity contribution in [3.8, 4) is 0 Å². The summed E-state index contributed by atoms with van der Waals surface area (Å²) in [5.74, 6) is 0.539. The van der Waals surface area contributed by atoms with E-state index in [1.54, 1.807) is 24.4 Å². The highest BCUT2D eigenvalue weighted by Gasteiger charge is 2.11. The lowest BCUT2D eigenvalue weighted by Gasteiger charge is -2.24. The number of rotatable bonds is 11. The van der Waals surface area contributed by atoms with E-state index in [0.29, 0.717) is 11.3 Å². The first-order valence-electron chi connectivity index (χ1n) is 11.5. The van der Waals surface area contributed by atoms with Crippen LogP contribution in [0.5, 0.6) is 0 Å². The van der Waals surface area contributed by atoms with Crippen LogP contribution in [0.15, 0.2) is 102 Å². The first-order valence-corrected chi connectivity index (χ1v) is 11.5. The Hall–Kier alpha value is -3.60. The van der Waals surface area contributed by atoms with Crippen molar-refractivity contribution in [1.82, 2.24) is 15.2 Å². The minimum atomic E-state index is -0.188. The van der Waals surface area contributed by atoms with Crippen LogP contribution in [0.3, 0.4) is 0 Å². The third kappa shape index (κ3) is 8.07. The summed E-state index contributed by atoms with van der Waals surface area (Å²) in [5.41, 5.74) is 6.17. The van der Waals surface area contributed by atoms with Crippen molar-refractivity contribution >= 4 is 11.7 Å². The van der Waals surface area contributed by atoms with E-state index in [1.165, 1.54) is 0 Å². The van der Waals surface area contributed by atoms with Gasteiger partial charge in [0, 0.05) is 50.0 Å². The van der Waals surface area contributed by atoms with Crippen LogP contribution in [0.1, 0.15) is 51.4 Å². The van der Waals surface area contributed by atoms with Crippen molar-refractivity contribution in [3.05, 3.63) is 107 Å². The number of amides is 1. The Labute approximate surface area is 206 Å². The van der Waals surface area contributed by atoms with Crippen molar-refractivity contribution in [2.45, 2.75) is 41.0 Å². The molecule has 0 fully saturated rings. The lowest BCUT2D eigenvalue weighted by atomic mass is 10.00. The quantitative estimate of drug-likeness (QED) is 0.381. The standard InChI is InChI=1S/C29H40N4O/c1-11-15-23(7)33(10)27(14-4)21(5)18-26(24(12-2)13-3)19-22(6)31-29(34)25-16-17-30-28(20-25)32(8)9/h12-20H,2,5,11H2,1,3-4,6-10H3,(H,31,34)/b22-19+,23-15+,24-13-,26-18-,27-14-. The van der Waals surface area contributed by atoms with Crippen molar-refractivity contribution in [2.24, 2.45) is 0 Å². The van der Waals surface area contributed by atoms with Gasteiger partial charge in [-0.1, -0.05) is 44.4 Å². The number of nitrogens with zero attached hydrogens (tertiary/aromatic N) is 3. The van der Waals surface area contributed by atoms with E-state index >= 15 is 0 Å². The lowest BCUT2D eigenvalue weighted by molar-refractivity contribution is 0.0966. The van der Waals surface area contributed by atoms with E-state index in [0.717, 1.165) is 40.4 Å². The number of pyridine rings is 1. The average Bonchev–Trinajstić information content (AvgIpc) is 2.80. The third-order valence-electron chi connectivity index (χ3n) is 5.33. The van der Waals surface area contributed by atoms with Crippen LogP contribution in [-0.2, 0) is 0 Å². The van der Waals surface area contributed by atoms with Gasteiger partial charge in [-0.2, -0.15) is 0 Å². The molecular formula is C29H40N4O. The van der Waals surface area contributed by atoms with Crippen LogP contribution in [0.25, 0.3) is 0 Å². The van der Waals surface area contributed by atoms with E-state index in [1.807, 2.05) is 65.0 Å². The van der Waals surface area contributed by atoms with Gasteiger partial charge in [0.25, 0.3) is 5.91 Å². The van der Waals surface area contributed by atoms with Crippen molar-refractivity contribution in [3.63, 3.8) is 0 Å². The maximum Gasteiger partial charge on any atom is 0.255 e. The fourth-order valence-electron chi connectivity index (χ4n) is 3.41. The van der Waals surface area contributed by atoms with Gasteiger partial charge in [-0.05, 0) is 75.1 Å². The van der Waals surface area contributed by atoms with Gasteiger partial charge in [0.15, 0.2) is 0 Å². The summed E-state index contributed by atoms with van der Waals surface area (Å²) in [6.45, 7) is 18.3. The molecule has 1 rings (SSSR count). The third-order valence-corrected chi connectivity index (χ3v) is 5.33. The SMILES string of the molecule is C=CC(=C/C)/C(=C\C(=C)/C(=C/C)N(C)/C(C)=C/CC)/C=C(\C)NC(=O)c1ccnc(N(C)C)c1. The van der Waals surface area contributed by atoms with E-state index in [-0.39, 0.29) is 5.91 Å². The number of allylic oxidation sites excluding steroid dienone is 10. The van der Waals surface area contributed by atoms with Crippen molar-refractivity contribution < 1.29 is 4.79 Å². The van der Waals surface area contributed by atoms with E-state index < -0.39 is 0 Å². The monoisotopic (exact) mass is 460 g/mol. The predicted octanol–water partition coefficient (Wildman–Crippen LogP) is 6.55. The number of carbonyl (C=O) groups excluding carboxylic acids is 1. The van der Waals surface area contributed by atoms with E-state index in [4.69, 9.17) is 0 Å². The second-order valence-electron chi connectivity index (χ2n) is 8.14. The van der Waals surface area contributed by atoms with Crippen molar-refractivity contribution in [1.29, 1.82) is 0 Å². The van der Waals surface area contributed by atoms with Crippen LogP contribution in [0.4, 0.5) is 5.82 Å². The zero-order valence-electron chi connectivity index (χ0n) is 22.1. The van der Waals surface area contributed by atoms with Gasteiger partial charge in [-0.3, -0.25) is 4.79 Å². The zero-order chi connectivity index (χ0) is 25.8. The van der Waals surface area contributed by atoms with Gasteiger partial charge in [0.1, 0.15) is 5.82 Å². The maximum atomic E-state index is 12.8. The van der Waals surface area contributed by atoms with E-state index in [9.17, 15) is 4.79 Å². The number of hydrogen-bond donors (Lipinski definition) is 1.